The maximum atomic E-state index is 13.3. The quantitative estimate of drug-likeness (QED) is 0.697. The molecule has 0 saturated heterocycles. The van der Waals surface area contributed by atoms with E-state index in [-0.39, 0.29) is 11.6 Å². The Morgan fingerprint density at radius 2 is 2.09 bits per heavy atom. The molecule has 0 saturated carbocycles. The molecule has 1 aliphatic heterocycles. The van der Waals surface area contributed by atoms with E-state index in [0.29, 0.717) is 18.8 Å². The molecule has 0 radical (unpaired) electrons. The van der Waals surface area contributed by atoms with Crippen LogP contribution in [0.5, 0.6) is 5.75 Å². The third-order valence-electron chi connectivity index (χ3n) is 3.67. The summed E-state index contributed by atoms with van der Waals surface area (Å²) in [5.74, 6) is -0.757. The van der Waals surface area contributed by atoms with Crippen LogP contribution >= 0.6 is 0 Å². The summed E-state index contributed by atoms with van der Waals surface area (Å²) in [7, 11) is 0. The Hall–Kier alpha value is -2.96. The van der Waals surface area contributed by atoms with E-state index in [2.05, 4.69) is 5.32 Å². The minimum absolute atomic E-state index is 0.0436. The molecule has 7 heteroatoms. The lowest BCUT2D eigenvalue weighted by atomic mass is 10.00. The molecule has 0 aromatic heterocycles. The van der Waals surface area contributed by atoms with Crippen LogP contribution in [0, 0.1) is 15.9 Å². The molecule has 2 aromatic carbocycles. The second kappa shape index (κ2) is 6.04. The van der Waals surface area contributed by atoms with Gasteiger partial charge in [-0.1, -0.05) is 18.2 Å². The summed E-state index contributed by atoms with van der Waals surface area (Å²) < 4.78 is 18.9. The summed E-state index contributed by atoms with van der Waals surface area (Å²) in [5, 5.41) is 13.6. The van der Waals surface area contributed by atoms with Crippen LogP contribution in [0.15, 0.2) is 42.5 Å². The Labute approximate surface area is 131 Å². The molecule has 1 aliphatic rings. The number of halogens is 1. The first-order valence-corrected chi connectivity index (χ1v) is 7.03. The Morgan fingerprint density at radius 1 is 1.30 bits per heavy atom. The average molecular weight is 316 g/mol. The van der Waals surface area contributed by atoms with Gasteiger partial charge < -0.3 is 10.1 Å². The van der Waals surface area contributed by atoms with Crippen molar-refractivity contribution >= 4 is 11.6 Å². The van der Waals surface area contributed by atoms with Crippen LogP contribution in [0.25, 0.3) is 0 Å². The number of carbonyl (C=O) groups is 1. The van der Waals surface area contributed by atoms with Crippen LogP contribution in [0.2, 0.25) is 0 Å². The van der Waals surface area contributed by atoms with Crippen molar-refractivity contribution in [1.29, 1.82) is 0 Å². The van der Waals surface area contributed by atoms with Crippen molar-refractivity contribution in [2.24, 2.45) is 0 Å². The van der Waals surface area contributed by atoms with Crippen molar-refractivity contribution in [2.45, 2.75) is 12.5 Å². The number of ether oxygens (including phenoxy) is 1. The van der Waals surface area contributed by atoms with Crippen LogP contribution in [0.4, 0.5) is 10.1 Å². The van der Waals surface area contributed by atoms with Crippen molar-refractivity contribution in [3.05, 3.63) is 69.5 Å². The molecule has 0 bridgehead atoms. The third kappa shape index (κ3) is 2.98. The van der Waals surface area contributed by atoms with Crippen LogP contribution in [0.1, 0.15) is 28.4 Å². The Kier molecular flexibility index (Phi) is 3.92. The monoisotopic (exact) mass is 316 g/mol. The van der Waals surface area contributed by atoms with Crippen molar-refractivity contribution in [3.63, 3.8) is 0 Å². The number of fused-ring (bicyclic) bond motifs is 1. The molecule has 1 atom stereocenters. The van der Waals surface area contributed by atoms with Crippen LogP contribution in [-0.2, 0) is 0 Å². The van der Waals surface area contributed by atoms with Gasteiger partial charge in [0.25, 0.3) is 5.91 Å². The van der Waals surface area contributed by atoms with E-state index in [1.54, 1.807) is 0 Å². The van der Waals surface area contributed by atoms with E-state index in [1.165, 1.54) is 6.07 Å². The zero-order valence-corrected chi connectivity index (χ0v) is 12.0. The third-order valence-corrected chi connectivity index (χ3v) is 3.67. The molecular weight excluding hydrogens is 303 g/mol. The van der Waals surface area contributed by atoms with E-state index in [9.17, 15) is 19.3 Å². The smallest absolute Gasteiger partial charge is 0.305 e. The highest BCUT2D eigenvalue weighted by Gasteiger charge is 2.24. The summed E-state index contributed by atoms with van der Waals surface area (Å²) in [4.78, 5) is 22.2. The van der Waals surface area contributed by atoms with E-state index >= 15 is 0 Å². The molecule has 23 heavy (non-hydrogen) atoms. The number of para-hydroxylation sites is 1. The van der Waals surface area contributed by atoms with E-state index in [4.69, 9.17) is 4.74 Å². The summed E-state index contributed by atoms with van der Waals surface area (Å²) in [6.45, 7) is 0.464. The van der Waals surface area contributed by atoms with Gasteiger partial charge in [0, 0.05) is 23.6 Å². The predicted molar refractivity (Wildman–Crippen MR) is 79.8 cm³/mol. The van der Waals surface area contributed by atoms with Crippen molar-refractivity contribution in [1.82, 2.24) is 5.32 Å². The normalized spacial score (nSPS) is 16.1. The number of nitro groups is 1. The van der Waals surface area contributed by atoms with Gasteiger partial charge in [-0.15, -0.1) is 0 Å². The van der Waals surface area contributed by atoms with Gasteiger partial charge in [0.1, 0.15) is 5.75 Å². The van der Waals surface area contributed by atoms with Crippen LogP contribution < -0.4 is 10.1 Å². The maximum Gasteiger partial charge on any atom is 0.305 e. The minimum atomic E-state index is -0.969. The first-order chi connectivity index (χ1) is 11.1. The fourth-order valence-corrected chi connectivity index (χ4v) is 2.53. The standard InChI is InChI=1S/C16H13FN2O4/c17-12-6-5-10(9-14(12)19(21)22)16(20)18-13-7-8-23-15-4-2-1-3-11(13)15/h1-6,9,13H,7-8H2,(H,18,20). The molecule has 1 heterocycles. The molecular formula is C16H13FN2O4. The molecule has 1 N–H and O–H groups in total. The van der Waals surface area contributed by atoms with Gasteiger partial charge in [-0.3, -0.25) is 14.9 Å². The Balaban J connectivity index is 1.83. The number of benzene rings is 2. The van der Waals surface area contributed by atoms with E-state index < -0.39 is 22.3 Å². The molecule has 1 unspecified atom stereocenters. The number of nitrogens with one attached hydrogen (secondary N) is 1. The molecule has 0 aliphatic carbocycles. The number of hydrogen-bond donors (Lipinski definition) is 1. The van der Waals surface area contributed by atoms with Gasteiger partial charge >= 0.3 is 5.69 Å². The molecule has 1 amide bonds. The lowest BCUT2D eigenvalue weighted by Crippen LogP contribution is -2.32. The topological polar surface area (TPSA) is 81.5 Å². The Morgan fingerprint density at radius 3 is 2.87 bits per heavy atom. The maximum absolute atomic E-state index is 13.3. The highest BCUT2D eigenvalue weighted by atomic mass is 19.1. The first kappa shape index (κ1) is 15.0. The van der Waals surface area contributed by atoms with Gasteiger partial charge in [-0.2, -0.15) is 4.39 Å². The molecule has 6 nitrogen and oxygen atoms in total. The zero-order valence-electron chi connectivity index (χ0n) is 12.0. The van der Waals surface area contributed by atoms with Crippen molar-refractivity contribution < 1.29 is 18.8 Å². The molecule has 3 rings (SSSR count). The van der Waals surface area contributed by atoms with Crippen molar-refractivity contribution in [3.8, 4) is 5.75 Å². The summed E-state index contributed by atoms with van der Waals surface area (Å²) >= 11 is 0. The van der Waals surface area contributed by atoms with E-state index in [1.807, 2.05) is 24.3 Å². The summed E-state index contributed by atoms with van der Waals surface area (Å²) in [6, 6.07) is 10.2. The number of hydrogen-bond acceptors (Lipinski definition) is 4. The van der Waals surface area contributed by atoms with Crippen LogP contribution in [0.3, 0.4) is 0 Å². The minimum Gasteiger partial charge on any atom is -0.493 e. The van der Waals surface area contributed by atoms with Crippen molar-refractivity contribution in [2.75, 3.05) is 6.61 Å². The van der Waals surface area contributed by atoms with Crippen LogP contribution in [-0.4, -0.2) is 17.4 Å². The molecule has 118 valence electrons. The molecule has 0 spiro atoms. The molecule has 2 aromatic rings. The first-order valence-electron chi connectivity index (χ1n) is 7.03. The lowest BCUT2D eigenvalue weighted by Gasteiger charge is -2.26. The van der Waals surface area contributed by atoms with Gasteiger partial charge in [0.05, 0.1) is 17.6 Å². The lowest BCUT2D eigenvalue weighted by molar-refractivity contribution is -0.387. The largest absolute Gasteiger partial charge is 0.493 e. The number of nitro benzene ring substituents is 1. The Bertz CT molecular complexity index is 778. The fourth-order valence-electron chi connectivity index (χ4n) is 2.53. The zero-order chi connectivity index (χ0) is 16.4. The SMILES string of the molecule is O=C(NC1CCOc2ccccc21)c1ccc(F)c([N+](=O)[O-])c1. The second-order valence-corrected chi connectivity index (χ2v) is 5.12. The highest BCUT2D eigenvalue weighted by molar-refractivity contribution is 5.95. The fraction of sp³-hybridized carbons (Fsp3) is 0.188. The molecule has 0 fully saturated rings. The van der Waals surface area contributed by atoms with E-state index in [0.717, 1.165) is 17.7 Å². The number of nitrogens with zero attached hydrogens (tertiary/aromatic N) is 1. The number of rotatable bonds is 3. The number of amides is 1. The van der Waals surface area contributed by atoms with Gasteiger partial charge in [-0.25, -0.2) is 0 Å². The van der Waals surface area contributed by atoms with Gasteiger partial charge in [0.2, 0.25) is 5.82 Å². The highest BCUT2D eigenvalue weighted by Crippen LogP contribution is 2.31. The van der Waals surface area contributed by atoms with Gasteiger partial charge in [0.15, 0.2) is 0 Å². The second-order valence-electron chi connectivity index (χ2n) is 5.12. The summed E-state index contributed by atoms with van der Waals surface area (Å²) in [5.41, 5.74) is 0.177. The predicted octanol–water partition coefficient (Wildman–Crippen LogP) is 2.99. The van der Waals surface area contributed by atoms with Gasteiger partial charge in [-0.05, 0) is 18.2 Å². The number of carbonyl (C=O) groups excluding carboxylic acids is 1. The average Bonchev–Trinajstić information content (AvgIpc) is 2.55. The summed E-state index contributed by atoms with van der Waals surface area (Å²) in [6.07, 6.45) is 0.589.